The minimum absolute atomic E-state index is 0.176. The van der Waals surface area contributed by atoms with Crippen LogP contribution in [-0.4, -0.2) is 40.4 Å². The van der Waals surface area contributed by atoms with Gasteiger partial charge in [0.05, 0.1) is 23.3 Å². The van der Waals surface area contributed by atoms with E-state index in [4.69, 9.17) is 0 Å². The highest BCUT2D eigenvalue weighted by atomic mass is 16.1. The molecular weight excluding hydrogens is 336 g/mol. The second-order valence-corrected chi connectivity index (χ2v) is 7.12. The Morgan fingerprint density at radius 2 is 1.78 bits per heavy atom. The third kappa shape index (κ3) is 3.98. The molecule has 4 rings (SSSR count). The Morgan fingerprint density at radius 1 is 1.07 bits per heavy atom. The van der Waals surface area contributed by atoms with E-state index in [9.17, 15) is 4.79 Å². The van der Waals surface area contributed by atoms with Crippen molar-refractivity contribution in [3.05, 3.63) is 71.5 Å². The van der Waals surface area contributed by atoms with Crippen LogP contribution in [0.5, 0.6) is 0 Å². The van der Waals surface area contributed by atoms with Gasteiger partial charge in [0.2, 0.25) is 0 Å². The number of nitrogens with zero attached hydrogens (tertiary/aromatic N) is 3. The van der Waals surface area contributed by atoms with Crippen molar-refractivity contribution in [3.63, 3.8) is 0 Å². The van der Waals surface area contributed by atoms with Crippen LogP contribution in [0.15, 0.2) is 54.7 Å². The number of hydrogen-bond donors (Lipinski definition) is 1. The molecule has 5 heteroatoms. The number of amides is 1. The smallest absolute Gasteiger partial charge is 0.271 e. The largest absolute Gasteiger partial charge is 0.349 e. The number of carbonyl (C=O) groups is 1. The average molecular weight is 360 g/mol. The molecule has 1 amide bonds. The minimum atomic E-state index is -0.176. The normalized spacial score (nSPS) is 15.7. The van der Waals surface area contributed by atoms with Crippen molar-refractivity contribution in [2.45, 2.75) is 25.8 Å². The van der Waals surface area contributed by atoms with E-state index < -0.39 is 0 Å². The van der Waals surface area contributed by atoms with Crippen LogP contribution in [-0.2, 0) is 0 Å². The Kier molecular flexibility index (Phi) is 5.12. The second-order valence-electron chi connectivity index (χ2n) is 7.12. The highest BCUT2D eigenvalue weighted by molar-refractivity contribution is 5.93. The van der Waals surface area contributed by atoms with Gasteiger partial charge in [-0.15, -0.1) is 0 Å². The van der Waals surface area contributed by atoms with Crippen LogP contribution in [0, 0.1) is 6.92 Å². The van der Waals surface area contributed by atoms with Gasteiger partial charge in [0.1, 0.15) is 5.69 Å². The van der Waals surface area contributed by atoms with Crippen molar-refractivity contribution < 1.29 is 4.79 Å². The number of hydrogen-bond acceptors (Lipinski definition) is 4. The van der Waals surface area contributed by atoms with Crippen molar-refractivity contribution in [2.75, 3.05) is 19.6 Å². The predicted octanol–water partition coefficient (Wildman–Crippen LogP) is 3.51. The number of benzene rings is 2. The fourth-order valence-corrected chi connectivity index (χ4v) is 3.65. The summed E-state index contributed by atoms with van der Waals surface area (Å²) < 4.78 is 0. The molecule has 3 aromatic rings. The maximum atomic E-state index is 12.7. The summed E-state index contributed by atoms with van der Waals surface area (Å²) in [4.78, 5) is 23.9. The Labute approximate surface area is 159 Å². The van der Waals surface area contributed by atoms with Crippen LogP contribution in [0.1, 0.15) is 40.5 Å². The van der Waals surface area contributed by atoms with Gasteiger partial charge in [0.15, 0.2) is 0 Å². The summed E-state index contributed by atoms with van der Waals surface area (Å²) >= 11 is 0. The zero-order valence-electron chi connectivity index (χ0n) is 15.6. The molecule has 5 nitrogen and oxygen atoms in total. The molecule has 1 N–H and O–H groups in total. The molecule has 1 saturated heterocycles. The SMILES string of the molecule is Cc1ccc(C(CNC(=O)c2cnc3ccccc3n2)N2CCCC2)cc1. The molecule has 0 radical (unpaired) electrons. The van der Waals surface area contributed by atoms with E-state index in [0.29, 0.717) is 12.2 Å². The van der Waals surface area contributed by atoms with E-state index in [2.05, 4.69) is 51.4 Å². The zero-order valence-corrected chi connectivity index (χ0v) is 15.6. The lowest BCUT2D eigenvalue weighted by atomic mass is 10.0. The van der Waals surface area contributed by atoms with Gasteiger partial charge in [-0.05, 0) is 50.6 Å². The molecule has 1 aromatic heterocycles. The summed E-state index contributed by atoms with van der Waals surface area (Å²) in [6.07, 6.45) is 3.98. The van der Waals surface area contributed by atoms with Gasteiger partial charge in [-0.3, -0.25) is 14.7 Å². The minimum Gasteiger partial charge on any atom is -0.349 e. The Morgan fingerprint density at radius 3 is 2.52 bits per heavy atom. The van der Waals surface area contributed by atoms with E-state index in [1.807, 2.05) is 24.3 Å². The van der Waals surface area contributed by atoms with Crippen LogP contribution < -0.4 is 5.32 Å². The summed E-state index contributed by atoms with van der Waals surface area (Å²) in [6.45, 7) is 4.81. The number of nitrogens with one attached hydrogen (secondary N) is 1. The Hall–Kier alpha value is -2.79. The fraction of sp³-hybridized carbons (Fsp3) is 0.318. The van der Waals surface area contributed by atoms with E-state index in [1.54, 1.807) is 6.20 Å². The quantitative estimate of drug-likeness (QED) is 0.756. The number of fused-ring (bicyclic) bond motifs is 1. The first-order valence-corrected chi connectivity index (χ1v) is 9.51. The molecule has 0 aliphatic carbocycles. The van der Waals surface area contributed by atoms with Crippen LogP contribution in [0.3, 0.4) is 0 Å². The summed E-state index contributed by atoms with van der Waals surface area (Å²) in [5.74, 6) is -0.176. The highest BCUT2D eigenvalue weighted by Gasteiger charge is 2.24. The van der Waals surface area contributed by atoms with Crippen molar-refractivity contribution in [3.8, 4) is 0 Å². The Bertz CT molecular complexity index is 932. The van der Waals surface area contributed by atoms with Crippen LogP contribution in [0.2, 0.25) is 0 Å². The third-order valence-corrected chi connectivity index (χ3v) is 5.18. The van der Waals surface area contributed by atoms with Crippen molar-refractivity contribution in [1.82, 2.24) is 20.2 Å². The number of rotatable bonds is 5. The highest BCUT2D eigenvalue weighted by Crippen LogP contribution is 2.25. The number of aryl methyl sites for hydroxylation is 1. The molecule has 138 valence electrons. The lowest BCUT2D eigenvalue weighted by molar-refractivity contribution is 0.0933. The van der Waals surface area contributed by atoms with Gasteiger partial charge in [-0.25, -0.2) is 4.98 Å². The molecule has 1 unspecified atom stereocenters. The number of para-hydroxylation sites is 2. The molecule has 0 saturated carbocycles. The monoisotopic (exact) mass is 360 g/mol. The summed E-state index contributed by atoms with van der Waals surface area (Å²) in [5, 5.41) is 3.07. The van der Waals surface area contributed by atoms with Gasteiger partial charge < -0.3 is 5.32 Å². The number of carbonyl (C=O) groups excluding carboxylic acids is 1. The number of aromatic nitrogens is 2. The topological polar surface area (TPSA) is 58.1 Å². The van der Waals surface area contributed by atoms with Crippen LogP contribution >= 0.6 is 0 Å². The van der Waals surface area contributed by atoms with Gasteiger partial charge in [0.25, 0.3) is 5.91 Å². The first kappa shape index (κ1) is 17.6. The Balaban J connectivity index is 1.50. The van der Waals surface area contributed by atoms with Crippen LogP contribution in [0.4, 0.5) is 0 Å². The lowest BCUT2D eigenvalue weighted by Gasteiger charge is -2.28. The van der Waals surface area contributed by atoms with E-state index in [0.717, 1.165) is 24.1 Å². The van der Waals surface area contributed by atoms with Crippen molar-refractivity contribution >= 4 is 16.9 Å². The molecule has 1 fully saturated rings. The molecule has 2 heterocycles. The van der Waals surface area contributed by atoms with Gasteiger partial charge in [0, 0.05) is 6.54 Å². The second kappa shape index (κ2) is 7.84. The zero-order chi connectivity index (χ0) is 18.6. The maximum absolute atomic E-state index is 12.7. The molecule has 1 aliphatic heterocycles. The summed E-state index contributed by atoms with van der Waals surface area (Å²) in [5.41, 5.74) is 4.38. The maximum Gasteiger partial charge on any atom is 0.271 e. The first-order valence-electron chi connectivity index (χ1n) is 9.51. The van der Waals surface area contributed by atoms with Gasteiger partial charge >= 0.3 is 0 Å². The summed E-state index contributed by atoms with van der Waals surface area (Å²) in [7, 11) is 0. The molecule has 1 aliphatic rings. The molecular formula is C22H24N4O. The van der Waals surface area contributed by atoms with Gasteiger partial charge in [-0.2, -0.15) is 0 Å². The molecule has 1 atom stereocenters. The predicted molar refractivity (Wildman–Crippen MR) is 107 cm³/mol. The lowest BCUT2D eigenvalue weighted by Crippen LogP contribution is -2.37. The molecule has 27 heavy (non-hydrogen) atoms. The van der Waals surface area contributed by atoms with Crippen molar-refractivity contribution in [2.24, 2.45) is 0 Å². The van der Waals surface area contributed by atoms with E-state index >= 15 is 0 Å². The van der Waals surface area contributed by atoms with Crippen molar-refractivity contribution in [1.29, 1.82) is 0 Å². The summed E-state index contributed by atoms with van der Waals surface area (Å²) in [6, 6.07) is 16.4. The third-order valence-electron chi connectivity index (χ3n) is 5.18. The molecule has 0 spiro atoms. The standard InChI is InChI=1S/C22H24N4O/c1-16-8-10-17(11-9-16)21(26-12-4-5-13-26)15-24-22(27)20-14-23-18-6-2-3-7-19(18)25-20/h2-3,6-11,14,21H,4-5,12-13,15H2,1H3,(H,24,27). The molecule has 0 bridgehead atoms. The van der Waals surface area contributed by atoms with Gasteiger partial charge in [-0.1, -0.05) is 42.0 Å². The fourth-order valence-electron chi connectivity index (χ4n) is 3.65. The first-order chi connectivity index (χ1) is 13.2. The van der Waals surface area contributed by atoms with Crippen LogP contribution in [0.25, 0.3) is 11.0 Å². The van der Waals surface area contributed by atoms with E-state index in [-0.39, 0.29) is 11.9 Å². The average Bonchev–Trinajstić information content (AvgIpc) is 3.23. The molecule has 2 aromatic carbocycles. The van der Waals surface area contributed by atoms with E-state index in [1.165, 1.54) is 24.0 Å². The number of likely N-dealkylation sites (tertiary alicyclic amines) is 1.